The topological polar surface area (TPSA) is 50.4 Å². The summed E-state index contributed by atoms with van der Waals surface area (Å²) in [7, 11) is 3.48. The average molecular weight is 284 g/mol. The first-order valence-electron chi connectivity index (χ1n) is 6.79. The number of hydrogen-bond donors (Lipinski definition) is 2. The Hall–Kier alpha value is -2.49. The molecule has 0 aliphatic heterocycles. The minimum atomic E-state index is -0.108. The van der Waals surface area contributed by atoms with E-state index >= 15 is 0 Å². The molecule has 0 saturated carbocycles. The second kappa shape index (κ2) is 6.31. The number of methoxy groups -OCH3 is 1. The normalized spacial score (nSPS) is 10.1. The monoisotopic (exact) mass is 284 g/mol. The van der Waals surface area contributed by atoms with E-state index in [-0.39, 0.29) is 5.91 Å². The fourth-order valence-corrected chi connectivity index (χ4v) is 2.17. The quantitative estimate of drug-likeness (QED) is 0.901. The van der Waals surface area contributed by atoms with Crippen molar-refractivity contribution in [3.63, 3.8) is 0 Å². The summed E-state index contributed by atoms with van der Waals surface area (Å²) < 4.78 is 5.16. The van der Waals surface area contributed by atoms with Gasteiger partial charge in [-0.1, -0.05) is 0 Å². The van der Waals surface area contributed by atoms with Crippen LogP contribution in [0, 0.1) is 13.8 Å². The molecular formula is C17H20N2O2. The molecule has 0 saturated heterocycles. The van der Waals surface area contributed by atoms with Gasteiger partial charge in [0, 0.05) is 24.0 Å². The van der Waals surface area contributed by atoms with Gasteiger partial charge in [-0.3, -0.25) is 4.79 Å². The predicted molar refractivity (Wildman–Crippen MR) is 86.4 cm³/mol. The molecule has 0 atom stereocenters. The summed E-state index contributed by atoms with van der Waals surface area (Å²) in [5, 5.41) is 6.00. The summed E-state index contributed by atoms with van der Waals surface area (Å²) in [6.07, 6.45) is 0. The summed E-state index contributed by atoms with van der Waals surface area (Å²) in [5.74, 6) is 0.670. The van der Waals surface area contributed by atoms with Gasteiger partial charge in [-0.15, -0.1) is 0 Å². The lowest BCUT2D eigenvalue weighted by Crippen LogP contribution is -2.14. The summed E-state index contributed by atoms with van der Waals surface area (Å²) >= 11 is 0. The van der Waals surface area contributed by atoms with Crippen LogP contribution in [0.25, 0.3) is 0 Å². The average Bonchev–Trinajstić information content (AvgIpc) is 2.48. The van der Waals surface area contributed by atoms with Crippen LogP contribution in [0.4, 0.5) is 11.4 Å². The second-order valence-electron chi connectivity index (χ2n) is 4.91. The Labute approximate surface area is 125 Å². The molecule has 0 spiro atoms. The van der Waals surface area contributed by atoms with Crippen LogP contribution in [0.3, 0.4) is 0 Å². The molecule has 0 aliphatic carbocycles. The van der Waals surface area contributed by atoms with Gasteiger partial charge in [0.2, 0.25) is 0 Å². The van der Waals surface area contributed by atoms with Gasteiger partial charge >= 0.3 is 0 Å². The zero-order valence-electron chi connectivity index (χ0n) is 12.8. The first-order chi connectivity index (χ1) is 10.0. The van der Waals surface area contributed by atoms with Crippen molar-refractivity contribution in [1.29, 1.82) is 0 Å². The van der Waals surface area contributed by atoms with Gasteiger partial charge in [-0.05, 0) is 61.4 Å². The first kappa shape index (κ1) is 14.9. The number of carbonyl (C=O) groups excluding carboxylic acids is 1. The number of amides is 1. The molecule has 4 heteroatoms. The van der Waals surface area contributed by atoms with Crippen LogP contribution in [0.15, 0.2) is 36.4 Å². The largest absolute Gasteiger partial charge is 0.497 e. The van der Waals surface area contributed by atoms with Crippen LogP contribution in [0.1, 0.15) is 21.5 Å². The highest BCUT2D eigenvalue weighted by molar-refractivity contribution is 6.05. The number of anilines is 2. The molecule has 4 nitrogen and oxygen atoms in total. The molecule has 110 valence electrons. The van der Waals surface area contributed by atoms with E-state index in [0.29, 0.717) is 5.56 Å². The fourth-order valence-electron chi connectivity index (χ4n) is 2.17. The van der Waals surface area contributed by atoms with Crippen molar-refractivity contribution in [1.82, 2.24) is 0 Å². The number of benzene rings is 2. The van der Waals surface area contributed by atoms with E-state index < -0.39 is 0 Å². The lowest BCUT2D eigenvalue weighted by Gasteiger charge is -2.12. The Morgan fingerprint density at radius 2 is 1.81 bits per heavy atom. The molecular weight excluding hydrogens is 264 g/mol. The Morgan fingerprint density at radius 1 is 1.05 bits per heavy atom. The molecule has 0 bridgehead atoms. The van der Waals surface area contributed by atoms with Crippen LogP contribution >= 0.6 is 0 Å². The first-order valence-corrected chi connectivity index (χ1v) is 6.79. The summed E-state index contributed by atoms with van der Waals surface area (Å²) in [4.78, 5) is 12.4. The Morgan fingerprint density at radius 3 is 2.38 bits per heavy atom. The van der Waals surface area contributed by atoms with Crippen molar-refractivity contribution in [3.05, 3.63) is 53.1 Å². The molecule has 0 unspecified atom stereocenters. The van der Waals surface area contributed by atoms with Crippen molar-refractivity contribution < 1.29 is 9.53 Å². The van der Waals surface area contributed by atoms with Gasteiger partial charge in [-0.25, -0.2) is 0 Å². The van der Waals surface area contributed by atoms with Gasteiger partial charge in [0.25, 0.3) is 5.91 Å². The molecule has 0 aromatic heterocycles. The fraction of sp³-hybridized carbons (Fsp3) is 0.235. The Bertz CT molecular complexity index is 666. The van der Waals surface area contributed by atoms with Crippen LogP contribution in [0.2, 0.25) is 0 Å². The maximum Gasteiger partial charge on any atom is 0.255 e. The molecule has 2 rings (SSSR count). The zero-order valence-corrected chi connectivity index (χ0v) is 12.8. The van der Waals surface area contributed by atoms with Gasteiger partial charge in [-0.2, -0.15) is 0 Å². The minimum Gasteiger partial charge on any atom is -0.497 e. The third-order valence-corrected chi connectivity index (χ3v) is 3.44. The van der Waals surface area contributed by atoms with Crippen LogP contribution in [-0.4, -0.2) is 20.1 Å². The van der Waals surface area contributed by atoms with Gasteiger partial charge in [0.05, 0.1) is 7.11 Å². The smallest absolute Gasteiger partial charge is 0.255 e. The predicted octanol–water partition coefficient (Wildman–Crippen LogP) is 3.61. The number of hydrogen-bond acceptors (Lipinski definition) is 3. The standard InChI is InChI=1S/C17H20N2O2/c1-11-9-13(18-3)5-7-15(11)17(20)19-16-8-6-14(21-4)10-12(16)2/h5-10,18H,1-4H3,(H,19,20). The van der Waals surface area contributed by atoms with Crippen molar-refractivity contribution in [2.45, 2.75) is 13.8 Å². The van der Waals surface area contributed by atoms with Crippen molar-refractivity contribution >= 4 is 17.3 Å². The highest BCUT2D eigenvalue weighted by Gasteiger charge is 2.11. The van der Waals surface area contributed by atoms with Crippen molar-refractivity contribution in [3.8, 4) is 5.75 Å². The SMILES string of the molecule is CNc1ccc(C(=O)Nc2ccc(OC)cc2C)c(C)c1. The Balaban J connectivity index is 2.22. The van der Waals surface area contributed by atoms with Gasteiger partial charge in [0.1, 0.15) is 5.75 Å². The van der Waals surface area contributed by atoms with E-state index in [1.807, 2.05) is 57.3 Å². The summed E-state index contributed by atoms with van der Waals surface area (Å²) in [6, 6.07) is 11.3. The van der Waals surface area contributed by atoms with Crippen LogP contribution in [0.5, 0.6) is 5.75 Å². The molecule has 21 heavy (non-hydrogen) atoms. The van der Waals surface area contributed by atoms with Crippen LogP contribution in [-0.2, 0) is 0 Å². The summed E-state index contributed by atoms with van der Waals surface area (Å²) in [6.45, 7) is 3.87. The van der Waals surface area contributed by atoms with Crippen molar-refractivity contribution in [2.24, 2.45) is 0 Å². The van der Waals surface area contributed by atoms with E-state index in [0.717, 1.165) is 28.3 Å². The number of aryl methyl sites for hydroxylation is 2. The van der Waals surface area contributed by atoms with E-state index in [4.69, 9.17) is 4.74 Å². The number of carbonyl (C=O) groups is 1. The van der Waals surface area contributed by atoms with Gasteiger partial charge in [0.15, 0.2) is 0 Å². The highest BCUT2D eigenvalue weighted by Crippen LogP contribution is 2.22. The third-order valence-electron chi connectivity index (χ3n) is 3.44. The zero-order chi connectivity index (χ0) is 15.4. The molecule has 2 N–H and O–H groups in total. The summed E-state index contributed by atoms with van der Waals surface area (Å²) in [5.41, 5.74) is 4.35. The van der Waals surface area contributed by atoms with E-state index in [1.165, 1.54) is 0 Å². The number of rotatable bonds is 4. The van der Waals surface area contributed by atoms with Crippen LogP contribution < -0.4 is 15.4 Å². The molecule has 0 aliphatic rings. The molecule has 0 fully saturated rings. The molecule has 2 aromatic rings. The highest BCUT2D eigenvalue weighted by atomic mass is 16.5. The maximum absolute atomic E-state index is 12.4. The number of nitrogens with one attached hydrogen (secondary N) is 2. The van der Waals surface area contributed by atoms with E-state index in [1.54, 1.807) is 7.11 Å². The van der Waals surface area contributed by atoms with E-state index in [2.05, 4.69) is 10.6 Å². The molecule has 1 amide bonds. The lowest BCUT2D eigenvalue weighted by atomic mass is 10.1. The molecule has 0 heterocycles. The lowest BCUT2D eigenvalue weighted by molar-refractivity contribution is 0.102. The van der Waals surface area contributed by atoms with Gasteiger partial charge < -0.3 is 15.4 Å². The molecule has 0 radical (unpaired) electrons. The third kappa shape index (κ3) is 3.34. The molecule has 2 aromatic carbocycles. The van der Waals surface area contributed by atoms with Crippen molar-refractivity contribution in [2.75, 3.05) is 24.8 Å². The maximum atomic E-state index is 12.4. The second-order valence-corrected chi connectivity index (χ2v) is 4.91. The minimum absolute atomic E-state index is 0.108. The number of ether oxygens (including phenoxy) is 1. The Kier molecular flexibility index (Phi) is 4.48. The van der Waals surface area contributed by atoms with E-state index in [9.17, 15) is 4.79 Å².